The number of anilines is 1. The third-order valence-corrected chi connectivity index (χ3v) is 3.80. The van der Waals surface area contributed by atoms with Gasteiger partial charge in [-0.25, -0.2) is 9.66 Å². The highest BCUT2D eigenvalue weighted by molar-refractivity contribution is 5.80. The van der Waals surface area contributed by atoms with Gasteiger partial charge in [0.25, 0.3) is 0 Å². The maximum absolute atomic E-state index is 5.85. The fourth-order valence-corrected chi connectivity index (χ4v) is 2.67. The topological polar surface area (TPSA) is 50.3 Å². The highest BCUT2D eigenvalue weighted by atomic mass is 15.6. The highest BCUT2D eigenvalue weighted by Crippen LogP contribution is 2.20. The minimum atomic E-state index is 0.776. The van der Waals surface area contributed by atoms with Crippen molar-refractivity contribution in [3.63, 3.8) is 0 Å². The maximum atomic E-state index is 5.85. The number of aromatic nitrogens is 2. The van der Waals surface area contributed by atoms with E-state index in [2.05, 4.69) is 34.6 Å². The van der Waals surface area contributed by atoms with Gasteiger partial charge in [-0.3, -0.25) is 0 Å². The molecule has 0 aliphatic carbocycles. The van der Waals surface area contributed by atoms with Crippen LogP contribution in [0.25, 0.3) is 11.0 Å². The second-order valence-electron chi connectivity index (χ2n) is 5.20. The van der Waals surface area contributed by atoms with Gasteiger partial charge in [-0.2, -0.15) is 0 Å². The van der Waals surface area contributed by atoms with Crippen molar-refractivity contribution in [2.45, 2.75) is 13.3 Å². The van der Waals surface area contributed by atoms with Gasteiger partial charge >= 0.3 is 0 Å². The fraction of sp³-hybridized carbons (Fsp3) is 0.500. The summed E-state index contributed by atoms with van der Waals surface area (Å²) in [6.45, 7) is 6.42. The molecule has 0 saturated carbocycles. The molecule has 1 aromatic heterocycles. The minimum absolute atomic E-state index is 0.776. The Labute approximate surface area is 113 Å². The van der Waals surface area contributed by atoms with Crippen molar-refractivity contribution in [3.05, 3.63) is 24.0 Å². The Morgan fingerprint density at radius 3 is 2.63 bits per heavy atom. The number of piperazine rings is 1. The predicted octanol–water partition coefficient (Wildman–Crippen LogP) is 1.06. The quantitative estimate of drug-likeness (QED) is 0.820. The lowest BCUT2D eigenvalue weighted by Crippen LogP contribution is -2.50. The summed E-state index contributed by atoms with van der Waals surface area (Å²) in [5.41, 5.74) is 8.79. The van der Waals surface area contributed by atoms with Gasteiger partial charge in [0.15, 0.2) is 0 Å². The van der Waals surface area contributed by atoms with Gasteiger partial charge in [-0.05, 0) is 25.2 Å². The van der Waals surface area contributed by atoms with Crippen molar-refractivity contribution in [1.82, 2.24) is 14.6 Å². The van der Waals surface area contributed by atoms with Crippen LogP contribution < -0.4 is 10.7 Å². The molecule has 5 heteroatoms. The van der Waals surface area contributed by atoms with Crippen molar-refractivity contribution in [2.24, 2.45) is 0 Å². The number of imidazole rings is 1. The Kier molecular flexibility index (Phi) is 3.06. The molecule has 0 atom stereocenters. The smallest absolute Gasteiger partial charge is 0.128 e. The molecular weight excluding hydrogens is 238 g/mol. The number of aryl methyl sites for hydroxylation is 1. The highest BCUT2D eigenvalue weighted by Gasteiger charge is 2.19. The molecule has 2 aromatic rings. The van der Waals surface area contributed by atoms with Gasteiger partial charge in [0, 0.05) is 38.3 Å². The van der Waals surface area contributed by atoms with Crippen molar-refractivity contribution in [1.29, 1.82) is 0 Å². The summed E-state index contributed by atoms with van der Waals surface area (Å²) in [6.07, 6.45) is 0.931. The molecule has 102 valence electrons. The number of nitrogen functional groups attached to an aromatic ring is 1. The number of hydrogen-bond donors (Lipinski definition) is 1. The lowest BCUT2D eigenvalue weighted by atomic mass is 10.3. The summed E-state index contributed by atoms with van der Waals surface area (Å²) in [7, 11) is 2.17. The molecule has 2 heterocycles. The van der Waals surface area contributed by atoms with E-state index in [0.717, 1.165) is 55.1 Å². The third kappa shape index (κ3) is 2.14. The maximum Gasteiger partial charge on any atom is 0.128 e. The molecule has 0 radical (unpaired) electrons. The average Bonchev–Trinajstić information content (AvgIpc) is 2.77. The van der Waals surface area contributed by atoms with Gasteiger partial charge in [0.1, 0.15) is 5.82 Å². The lowest BCUT2D eigenvalue weighted by Gasteiger charge is -2.35. The SMILES string of the molecule is CCc1nc2cc(N)ccc2n1N1CCN(C)CC1. The first-order chi connectivity index (χ1) is 9.19. The third-order valence-electron chi connectivity index (χ3n) is 3.80. The molecule has 1 aliphatic heterocycles. The second-order valence-corrected chi connectivity index (χ2v) is 5.20. The Morgan fingerprint density at radius 2 is 1.95 bits per heavy atom. The zero-order valence-corrected chi connectivity index (χ0v) is 11.6. The van der Waals surface area contributed by atoms with Crippen LogP contribution in [0.3, 0.4) is 0 Å². The summed E-state index contributed by atoms with van der Waals surface area (Å²) < 4.78 is 2.28. The van der Waals surface area contributed by atoms with Crippen molar-refractivity contribution in [3.8, 4) is 0 Å². The number of nitrogens with zero attached hydrogens (tertiary/aromatic N) is 4. The first-order valence-electron chi connectivity index (χ1n) is 6.89. The first kappa shape index (κ1) is 12.3. The number of rotatable bonds is 2. The minimum Gasteiger partial charge on any atom is -0.399 e. The monoisotopic (exact) mass is 259 g/mol. The van der Waals surface area contributed by atoms with E-state index in [1.165, 1.54) is 0 Å². The van der Waals surface area contributed by atoms with E-state index in [1.807, 2.05) is 12.1 Å². The molecule has 3 rings (SSSR count). The normalized spacial score (nSPS) is 17.3. The van der Waals surface area contributed by atoms with E-state index < -0.39 is 0 Å². The molecule has 0 amide bonds. The summed E-state index contributed by atoms with van der Waals surface area (Å²) in [4.78, 5) is 7.07. The molecule has 5 nitrogen and oxygen atoms in total. The number of likely N-dealkylation sites (N-methyl/N-ethyl adjacent to an activating group) is 1. The Balaban J connectivity index is 2.05. The van der Waals surface area contributed by atoms with Gasteiger partial charge in [0.05, 0.1) is 11.0 Å². The van der Waals surface area contributed by atoms with Crippen LogP contribution in [-0.2, 0) is 6.42 Å². The molecule has 1 aliphatic rings. The zero-order chi connectivity index (χ0) is 13.4. The summed E-state index contributed by atoms with van der Waals surface area (Å²) in [6, 6.07) is 5.99. The summed E-state index contributed by atoms with van der Waals surface area (Å²) in [5, 5.41) is 2.39. The summed E-state index contributed by atoms with van der Waals surface area (Å²) >= 11 is 0. The molecule has 2 N–H and O–H groups in total. The van der Waals surface area contributed by atoms with E-state index in [1.54, 1.807) is 0 Å². The van der Waals surface area contributed by atoms with Gasteiger partial charge in [0.2, 0.25) is 0 Å². The zero-order valence-electron chi connectivity index (χ0n) is 11.6. The molecule has 1 saturated heterocycles. The van der Waals surface area contributed by atoms with E-state index in [4.69, 9.17) is 10.7 Å². The van der Waals surface area contributed by atoms with Crippen LogP contribution in [-0.4, -0.2) is 47.8 Å². The van der Waals surface area contributed by atoms with Crippen LogP contribution in [0.1, 0.15) is 12.7 Å². The molecule has 0 bridgehead atoms. The standard InChI is InChI=1S/C14H21N5/c1-3-14-16-12-10-11(15)4-5-13(12)19(14)18-8-6-17(2)7-9-18/h4-5,10H,3,6-9,15H2,1-2H3. The van der Waals surface area contributed by atoms with Gasteiger partial charge in [-0.1, -0.05) is 6.92 Å². The molecule has 0 unspecified atom stereocenters. The molecular formula is C14H21N5. The van der Waals surface area contributed by atoms with Crippen LogP contribution in [0.2, 0.25) is 0 Å². The second kappa shape index (κ2) is 4.74. The number of fused-ring (bicyclic) bond motifs is 1. The van der Waals surface area contributed by atoms with Crippen molar-refractivity contribution >= 4 is 16.7 Å². The van der Waals surface area contributed by atoms with Crippen molar-refractivity contribution in [2.75, 3.05) is 44.0 Å². The van der Waals surface area contributed by atoms with Crippen molar-refractivity contribution < 1.29 is 0 Å². The average molecular weight is 259 g/mol. The van der Waals surface area contributed by atoms with Crippen LogP contribution in [0, 0.1) is 0 Å². The van der Waals surface area contributed by atoms with Crippen LogP contribution in [0.15, 0.2) is 18.2 Å². The van der Waals surface area contributed by atoms with E-state index in [0.29, 0.717) is 0 Å². The van der Waals surface area contributed by atoms with E-state index in [9.17, 15) is 0 Å². The van der Waals surface area contributed by atoms with Gasteiger partial charge < -0.3 is 15.6 Å². The largest absolute Gasteiger partial charge is 0.399 e. The van der Waals surface area contributed by atoms with E-state index in [-0.39, 0.29) is 0 Å². The predicted molar refractivity (Wildman–Crippen MR) is 79.0 cm³/mol. The Morgan fingerprint density at radius 1 is 1.21 bits per heavy atom. The lowest BCUT2D eigenvalue weighted by molar-refractivity contribution is 0.287. The summed E-state index contributed by atoms with van der Waals surface area (Å²) in [5.74, 6) is 1.12. The molecule has 19 heavy (non-hydrogen) atoms. The van der Waals surface area contributed by atoms with Crippen LogP contribution in [0.4, 0.5) is 5.69 Å². The number of hydrogen-bond acceptors (Lipinski definition) is 4. The van der Waals surface area contributed by atoms with E-state index >= 15 is 0 Å². The Hall–Kier alpha value is -1.75. The van der Waals surface area contributed by atoms with Gasteiger partial charge in [-0.15, -0.1) is 0 Å². The first-order valence-corrected chi connectivity index (χ1v) is 6.89. The molecule has 0 spiro atoms. The van der Waals surface area contributed by atoms with Crippen LogP contribution >= 0.6 is 0 Å². The van der Waals surface area contributed by atoms with Crippen LogP contribution in [0.5, 0.6) is 0 Å². The molecule has 1 aromatic carbocycles. The fourth-order valence-electron chi connectivity index (χ4n) is 2.67. The number of benzene rings is 1. The Bertz CT molecular complexity index is 581. The molecule has 1 fully saturated rings. The number of nitrogens with two attached hydrogens (primary N) is 1.